The van der Waals surface area contributed by atoms with Crippen LogP contribution in [-0.4, -0.2) is 75.3 Å². The predicted molar refractivity (Wildman–Crippen MR) is 191 cm³/mol. The number of pyridine rings is 1. The summed E-state index contributed by atoms with van der Waals surface area (Å²) in [5.41, 5.74) is 1.35. The Balaban J connectivity index is 1.05. The van der Waals surface area contributed by atoms with Crippen LogP contribution in [0.1, 0.15) is 42.9 Å². The third-order valence-corrected chi connectivity index (χ3v) is 8.87. The van der Waals surface area contributed by atoms with Crippen LogP contribution in [0, 0.1) is 0 Å². The van der Waals surface area contributed by atoms with Gasteiger partial charge in [-0.2, -0.15) is 13.2 Å². The van der Waals surface area contributed by atoms with Crippen molar-refractivity contribution in [3.8, 4) is 11.5 Å². The third kappa shape index (κ3) is 10.7. The van der Waals surface area contributed by atoms with Crippen molar-refractivity contribution in [2.75, 3.05) is 69.3 Å². The number of aromatic nitrogens is 1. The van der Waals surface area contributed by atoms with Gasteiger partial charge >= 0.3 is 6.18 Å². The standard InChI is InChI=1S/C39H46F3N5O3/c1-49-36-14-6-5-13-34(36)46-28-25-45(26-29-46)27-30-47(37-15-7-10-23-44-37)38(48)16-8-9-22-43-24-21-35(31-11-3-2-4-12-31)50-33-19-17-32(18-20-33)39(40,41)42/h2-7,10-15,17-20,23,35,43H,8-9,16,21-22,24-30H2,1H3. The van der Waals surface area contributed by atoms with Gasteiger partial charge in [-0.15, -0.1) is 0 Å². The minimum Gasteiger partial charge on any atom is -0.495 e. The van der Waals surface area contributed by atoms with E-state index in [1.54, 1.807) is 13.3 Å². The van der Waals surface area contributed by atoms with Gasteiger partial charge in [-0.3, -0.25) is 14.6 Å². The topological polar surface area (TPSA) is 70.2 Å². The maximum absolute atomic E-state index is 13.5. The van der Waals surface area contributed by atoms with Gasteiger partial charge in [0.15, 0.2) is 0 Å². The molecule has 1 aromatic heterocycles. The molecular weight excluding hydrogens is 643 g/mol. The van der Waals surface area contributed by atoms with Crippen LogP contribution in [0.2, 0.25) is 0 Å². The second-order valence-corrected chi connectivity index (χ2v) is 12.3. The minimum atomic E-state index is -4.39. The number of ether oxygens (including phenoxy) is 2. The van der Waals surface area contributed by atoms with Gasteiger partial charge in [-0.1, -0.05) is 48.5 Å². The summed E-state index contributed by atoms with van der Waals surface area (Å²) in [5, 5.41) is 3.44. The Morgan fingerprint density at radius 2 is 1.60 bits per heavy atom. The zero-order valence-electron chi connectivity index (χ0n) is 28.5. The Hall–Kier alpha value is -4.61. The van der Waals surface area contributed by atoms with E-state index >= 15 is 0 Å². The normalized spacial score (nSPS) is 14.3. The molecule has 266 valence electrons. The molecule has 1 amide bonds. The first-order valence-corrected chi connectivity index (χ1v) is 17.2. The van der Waals surface area contributed by atoms with Gasteiger partial charge in [0, 0.05) is 58.3 Å². The molecule has 1 fully saturated rings. The predicted octanol–water partition coefficient (Wildman–Crippen LogP) is 7.23. The maximum Gasteiger partial charge on any atom is 0.416 e. The molecule has 0 radical (unpaired) electrons. The molecule has 0 aliphatic carbocycles. The number of rotatable bonds is 17. The monoisotopic (exact) mass is 689 g/mol. The molecule has 0 bridgehead atoms. The molecule has 1 aliphatic rings. The highest BCUT2D eigenvalue weighted by molar-refractivity contribution is 5.92. The lowest BCUT2D eigenvalue weighted by Crippen LogP contribution is -2.49. The number of piperazine rings is 1. The number of unbranched alkanes of at least 4 members (excludes halogenated alkanes) is 1. The van der Waals surface area contributed by atoms with Gasteiger partial charge in [0.05, 0.1) is 18.4 Å². The highest BCUT2D eigenvalue weighted by Gasteiger charge is 2.30. The molecule has 0 saturated carbocycles. The zero-order chi connectivity index (χ0) is 35.2. The Morgan fingerprint density at radius 1 is 0.880 bits per heavy atom. The van der Waals surface area contributed by atoms with Crippen molar-refractivity contribution >= 4 is 17.4 Å². The van der Waals surface area contributed by atoms with Crippen LogP contribution in [0.3, 0.4) is 0 Å². The molecule has 4 aromatic rings. The lowest BCUT2D eigenvalue weighted by atomic mass is 10.1. The summed E-state index contributed by atoms with van der Waals surface area (Å²) in [5.74, 6) is 2.00. The summed E-state index contributed by atoms with van der Waals surface area (Å²) in [6, 6.07) is 28.2. The van der Waals surface area contributed by atoms with Crippen LogP contribution < -0.4 is 24.6 Å². The largest absolute Gasteiger partial charge is 0.495 e. The van der Waals surface area contributed by atoms with Gasteiger partial charge in [0.1, 0.15) is 23.4 Å². The Labute approximate surface area is 292 Å². The summed E-state index contributed by atoms with van der Waals surface area (Å²) in [6.07, 6.45) is -0.390. The van der Waals surface area contributed by atoms with Gasteiger partial charge in [0.25, 0.3) is 0 Å². The van der Waals surface area contributed by atoms with Gasteiger partial charge in [0.2, 0.25) is 5.91 Å². The van der Waals surface area contributed by atoms with Crippen molar-refractivity contribution in [2.45, 2.75) is 38.0 Å². The van der Waals surface area contributed by atoms with Crippen molar-refractivity contribution in [2.24, 2.45) is 0 Å². The number of nitrogens with one attached hydrogen (secondary N) is 1. The lowest BCUT2D eigenvalue weighted by molar-refractivity contribution is -0.137. The smallest absolute Gasteiger partial charge is 0.416 e. The summed E-state index contributed by atoms with van der Waals surface area (Å²) in [7, 11) is 1.70. The third-order valence-electron chi connectivity index (χ3n) is 8.87. The van der Waals surface area contributed by atoms with E-state index in [9.17, 15) is 18.0 Å². The summed E-state index contributed by atoms with van der Waals surface area (Å²) in [4.78, 5) is 24.5. The first kappa shape index (κ1) is 36.7. The highest BCUT2D eigenvalue weighted by atomic mass is 19.4. The second-order valence-electron chi connectivity index (χ2n) is 12.3. The van der Waals surface area contributed by atoms with Gasteiger partial charge in [-0.25, -0.2) is 4.98 Å². The van der Waals surface area contributed by atoms with Crippen LogP contribution in [-0.2, 0) is 11.0 Å². The average molecular weight is 690 g/mol. The molecule has 8 nitrogen and oxygen atoms in total. The fourth-order valence-corrected chi connectivity index (χ4v) is 6.09. The summed E-state index contributed by atoms with van der Waals surface area (Å²) < 4.78 is 50.7. The van der Waals surface area contributed by atoms with Crippen LogP contribution in [0.5, 0.6) is 11.5 Å². The quantitative estimate of drug-likeness (QED) is 0.117. The zero-order valence-corrected chi connectivity index (χ0v) is 28.5. The van der Waals surface area contributed by atoms with Crippen LogP contribution in [0.15, 0.2) is 103 Å². The van der Waals surface area contributed by atoms with E-state index in [4.69, 9.17) is 9.47 Å². The molecule has 5 rings (SSSR count). The van der Waals surface area contributed by atoms with Crippen molar-refractivity contribution in [1.82, 2.24) is 15.2 Å². The fraction of sp³-hybridized carbons (Fsp3) is 0.385. The Morgan fingerprint density at radius 3 is 2.30 bits per heavy atom. The Bertz CT molecular complexity index is 1580. The molecule has 2 heterocycles. The Kier molecular flexibility index (Phi) is 13.5. The summed E-state index contributed by atoms with van der Waals surface area (Å²) in [6.45, 7) is 6.29. The summed E-state index contributed by atoms with van der Waals surface area (Å²) >= 11 is 0. The number of halogens is 3. The van der Waals surface area contributed by atoms with Crippen LogP contribution in [0.4, 0.5) is 24.7 Å². The van der Waals surface area contributed by atoms with Crippen LogP contribution in [0.25, 0.3) is 0 Å². The number of alkyl halides is 3. The molecule has 1 unspecified atom stereocenters. The van der Waals surface area contributed by atoms with E-state index in [1.165, 1.54) is 12.1 Å². The molecule has 1 saturated heterocycles. The number of nitrogens with zero attached hydrogens (tertiary/aromatic N) is 4. The van der Waals surface area contributed by atoms with E-state index in [-0.39, 0.29) is 12.0 Å². The number of hydrogen-bond acceptors (Lipinski definition) is 7. The van der Waals surface area contributed by atoms with Crippen molar-refractivity contribution in [1.29, 1.82) is 0 Å². The molecule has 0 spiro atoms. The van der Waals surface area contributed by atoms with Crippen molar-refractivity contribution < 1.29 is 27.4 Å². The van der Waals surface area contributed by atoms with E-state index in [1.807, 2.05) is 71.6 Å². The minimum absolute atomic E-state index is 0.0606. The average Bonchev–Trinajstić information content (AvgIpc) is 3.15. The fourth-order valence-electron chi connectivity index (χ4n) is 6.09. The molecule has 1 N–H and O–H groups in total. The number of carbonyl (C=O) groups excluding carboxylic acids is 1. The number of anilines is 2. The van der Waals surface area contributed by atoms with E-state index < -0.39 is 11.7 Å². The lowest BCUT2D eigenvalue weighted by Gasteiger charge is -2.37. The molecule has 3 aromatic carbocycles. The van der Waals surface area contributed by atoms with Crippen LogP contribution >= 0.6 is 0 Å². The molecular formula is C39H46F3N5O3. The molecule has 1 aliphatic heterocycles. The number of carbonyl (C=O) groups is 1. The number of amides is 1. The van der Waals surface area contributed by atoms with Crippen molar-refractivity contribution in [3.63, 3.8) is 0 Å². The first-order valence-electron chi connectivity index (χ1n) is 17.2. The first-order chi connectivity index (χ1) is 24.3. The number of para-hydroxylation sites is 2. The van der Waals surface area contributed by atoms with E-state index in [0.717, 1.165) is 81.2 Å². The number of methoxy groups -OCH3 is 1. The maximum atomic E-state index is 13.5. The molecule has 50 heavy (non-hydrogen) atoms. The SMILES string of the molecule is COc1ccccc1N1CCN(CCN(C(=O)CCCCNCCC(Oc2ccc(C(F)(F)F)cc2)c2ccccc2)c2ccccn2)CC1. The molecule has 11 heteroatoms. The molecule has 1 atom stereocenters. The van der Waals surface area contributed by atoms with Gasteiger partial charge < -0.3 is 19.7 Å². The number of hydrogen-bond donors (Lipinski definition) is 1. The van der Waals surface area contributed by atoms with Crippen molar-refractivity contribution in [3.05, 3.63) is 114 Å². The second kappa shape index (κ2) is 18.4. The number of benzene rings is 3. The highest BCUT2D eigenvalue weighted by Crippen LogP contribution is 2.32. The van der Waals surface area contributed by atoms with E-state index in [2.05, 4.69) is 26.2 Å². The van der Waals surface area contributed by atoms with Gasteiger partial charge in [-0.05, 0) is 80.0 Å². The van der Waals surface area contributed by atoms with E-state index in [0.29, 0.717) is 37.5 Å².